The van der Waals surface area contributed by atoms with Crippen LogP contribution < -0.4 is 10.0 Å². The summed E-state index contributed by atoms with van der Waals surface area (Å²) in [5, 5.41) is 3.62. The molecule has 0 saturated heterocycles. The molecule has 4 aromatic rings. The Morgan fingerprint density at radius 3 is 2.41 bits per heavy atom. The SMILES string of the molecule is O=C1Nc2ccc(S(=O)(=O)Nc3ccc(C(F)(F)F)cc3)cc2C1=Cc1c[nH]c2ccccc12. The van der Waals surface area contributed by atoms with E-state index in [4.69, 9.17) is 0 Å². The van der Waals surface area contributed by atoms with Gasteiger partial charge in [-0.25, -0.2) is 8.42 Å². The molecule has 0 fully saturated rings. The molecule has 1 amide bonds. The molecule has 0 saturated carbocycles. The van der Waals surface area contributed by atoms with Crippen LogP contribution in [-0.4, -0.2) is 19.3 Å². The second-order valence-electron chi connectivity index (χ2n) is 7.69. The van der Waals surface area contributed by atoms with Gasteiger partial charge in [-0.15, -0.1) is 0 Å². The molecule has 0 unspecified atom stereocenters. The summed E-state index contributed by atoms with van der Waals surface area (Å²) in [4.78, 5) is 15.6. The third kappa shape index (κ3) is 3.92. The largest absolute Gasteiger partial charge is 0.416 e. The Labute approximate surface area is 192 Å². The second-order valence-corrected chi connectivity index (χ2v) is 9.37. The minimum absolute atomic E-state index is 0.0164. The predicted octanol–water partition coefficient (Wildman–Crippen LogP) is 5.48. The first-order valence-corrected chi connectivity index (χ1v) is 11.5. The number of aromatic amines is 1. The van der Waals surface area contributed by atoms with E-state index in [1.54, 1.807) is 12.3 Å². The van der Waals surface area contributed by atoms with Crippen molar-refractivity contribution in [2.75, 3.05) is 10.0 Å². The minimum Gasteiger partial charge on any atom is -0.361 e. The highest BCUT2D eigenvalue weighted by molar-refractivity contribution is 7.92. The van der Waals surface area contributed by atoms with Crippen molar-refractivity contribution >= 4 is 49.9 Å². The van der Waals surface area contributed by atoms with Crippen molar-refractivity contribution in [2.45, 2.75) is 11.1 Å². The van der Waals surface area contributed by atoms with E-state index in [2.05, 4.69) is 15.0 Å². The second kappa shape index (κ2) is 7.77. The van der Waals surface area contributed by atoms with Gasteiger partial charge in [0.25, 0.3) is 15.9 Å². The number of alkyl halides is 3. The number of carbonyl (C=O) groups is 1. The van der Waals surface area contributed by atoms with Gasteiger partial charge in [0.1, 0.15) is 0 Å². The molecule has 3 aromatic carbocycles. The lowest BCUT2D eigenvalue weighted by molar-refractivity contribution is -0.137. The van der Waals surface area contributed by atoms with Crippen LogP contribution in [0.25, 0.3) is 22.6 Å². The van der Waals surface area contributed by atoms with E-state index < -0.39 is 21.8 Å². The predicted molar refractivity (Wildman–Crippen MR) is 123 cm³/mol. The maximum Gasteiger partial charge on any atom is 0.416 e. The lowest BCUT2D eigenvalue weighted by atomic mass is 10.0. The Balaban J connectivity index is 1.49. The first-order chi connectivity index (χ1) is 16.1. The van der Waals surface area contributed by atoms with Crippen molar-refractivity contribution in [3.05, 3.63) is 89.6 Å². The van der Waals surface area contributed by atoms with E-state index >= 15 is 0 Å². The van der Waals surface area contributed by atoms with Gasteiger partial charge in [-0.05, 0) is 54.6 Å². The molecule has 2 heterocycles. The average molecular weight is 483 g/mol. The van der Waals surface area contributed by atoms with Crippen LogP contribution in [0.15, 0.2) is 77.8 Å². The summed E-state index contributed by atoms with van der Waals surface area (Å²) in [5.74, 6) is -0.370. The zero-order chi connectivity index (χ0) is 24.1. The smallest absolute Gasteiger partial charge is 0.361 e. The van der Waals surface area contributed by atoms with Gasteiger partial charge in [-0.3, -0.25) is 9.52 Å². The van der Waals surface area contributed by atoms with Crippen molar-refractivity contribution in [3.63, 3.8) is 0 Å². The summed E-state index contributed by atoms with van der Waals surface area (Å²) in [6, 6.07) is 15.4. The van der Waals surface area contributed by atoms with Crippen molar-refractivity contribution in [3.8, 4) is 0 Å². The van der Waals surface area contributed by atoms with Crippen LogP contribution in [0.5, 0.6) is 0 Å². The number of sulfonamides is 1. The van der Waals surface area contributed by atoms with E-state index in [1.165, 1.54) is 18.2 Å². The maximum atomic E-state index is 12.9. The van der Waals surface area contributed by atoms with Gasteiger partial charge in [-0.2, -0.15) is 13.2 Å². The van der Waals surface area contributed by atoms with E-state index in [9.17, 15) is 26.4 Å². The van der Waals surface area contributed by atoms with Gasteiger partial charge in [0.05, 0.1) is 10.5 Å². The quantitative estimate of drug-likeness (QED) is 0.336. The molecule has 0 spiro atoms. The summed E-state index contributed by atoms with van der Waals surface area (Å²) in [7, 11) is -4.12. The molecule has 5 rings (SSSR count). The molecular formula is C24H16F3N3O3S. The summed E-state index contributed by atoms with van der Waals surface area (Å²) < 4.78 is 66.4. The standard InChI is InChI=1S/C24H16F3N3O3S/c25-24(26,27)15-5-7-16(8-6-15)30-34(32,33)17-9-10-22-19(12-17)20(23(31)29-22)11-14-13-28-21-4-2-1-3-18(14)21/h1-13,28,30H,(H,29,31). The monoisotopic (exact) mass is 483 g/mol. The first kappa shape index (κ1) is 21.8. The van der Waals surface area contributed by atoms with Gasteiger partial charge >= 0.3 is 6.18 Å². The van der Waals surface area contributed by atoms with Crippen molar-refractivity contribution < 1.29 is 26.4 Å². The van der Waals surface area contributed by atoms with Crippen LogP contribution in [-0.2, 0) is 21.0 Å². The number of carbonyl (C=O) groups excluding carboxylic acids is 1. The number of nitrogens with one attached hydrogen (secondary N) is 3. The number of benzene rings is 3. The van der Waals surface area contributed by atoms with Gasteiger partial charge in [0, 0.05) is 45.2 Å². The van der Waals surface area contributed by atoms with E-state index in [-0.39, 0.29) is 16.5 Å². The molecule has 3 N–H and O–H groups in total. The van der Waals surface area contributed by atoms with Crippen LogP contribution >= 0.6 is 0 Å². The molecular weight excluding hydrogens is 467 g/mol. The molecule has 1 aromatic heterocycles. The number of H-pyrrole nitrogens is 1. The molecule has 0 bridgehead atoms. The number of halogens is 3. The van der Waals surface area contributed by atoms with Crippen LogP contribution in [0, 0.1) is 0 Å². The normalized spacial score (nSPS) is 14.9. The Bertz CT molecular complexity index is 1570. The number of rotatable bonds is 4. The lowest BCUT2D eigenvalue weighted by Crippen LogP contribution is -2.13. The fourth-order valence-corrected chi connectivity index (χ4v) is 4.87. The zero-order valence-corrected chi connectivity index (χ0v) is 18.1. The van der Waals surface area contributed by atoms with Crippen molar-refractivity contribution in [2.24, 2.45) is 0 Å². The van der Waals surface area contributed by atoms with Crippen LogP contribution in [0.1, 0.15) is 16.7 Å². The highest BCUT2D eigenvalue weighted by atomic mass is 32.2. The number of para-hydroxylation sites is 1. The number of amides is 1. The maximum absolute atomic E-state index is 12.9. The highest BCUT2D eigenvalue weighted by Gasteiger charge is 2.30. The molecule has 10 heteroatoms. The van der Waals surface area contributed by atoms with Crippen LogP contribution in [0.4, 0.5) is 24.5 Å². The summed E-state index contributed by atoms with van der Waals surface area (Å²) in [5.41, 5.74) is 1.93. The van der Waals surface area contributed by atoms with E-state index in [1.807, 2.05) is 24.3 Å². The summed E-state index contributed by atoms with van der Waals surface area (Å²) >= 11 is 0. The van der Waals surface area contributed by atoms with Gasteiger partial charge < -0.3 is 10.3 Å². The number of hydrogen-bond acceptors (Lipinski definition) is 3. The van der Waals surface area contributed by atoms with Crippen LogP contribution in [0.2, 0.25) is 0 Å². The Kier molecular flexibility index (Phi) is 4.98. The lowest BCUT2D eigenvalue weighted by Gasteiger charge is -2.11. The van der Waals surface area contributed by atoms with Crippen molar-refractivity contribution in [1.82, 2.24) is 4.98 Å². The molecule has 0 atom stereocenters. The third-order valence-corrected chi connectivity index (χ3v) is 6.85. The topological polar surface area (TPSA) is 91.1 Å². The van der Waals surface area contributed by atoms with Crippen LogP contribution in [0.3, 0.4) is 0 Å². The van der Waals surface area contributed by atoms with E-state index in [0.29, 0.717) is 16.8 Å². The number of anilines is 2. The minimum atomic E-state index is -4.52. The number of hydrogen-bond donors (Lipinski definition) is 3. The Hall–Kier alpha value is -4.05. The molecule has 172 valence electrons. The molecule has 1 aliphatic heterocycles. The number of aromatic nitrogens is 1. The van der Waals surface area contributed by atoms with Gasteiger partial charge in [0.2, 0.25) is 0 Å². The molecule has 6 nitrogen and oxygen atoms in total. The average Bonchev–Trinajstić information content (AvgIpc) is 3.34. The first-order valence-electron chi connectivity index (χ1n) is 10.1. The summed E-state index contributed by atoms with van der Waals surface area (Å²) in [6.07, 6.45) is -1.08. The van der Waals surface area contributed by atoms with E-state index in [0.717, 1.165) is 40.7 Å². The van der Waals surface area contributed by atoms with Crippen molar-refractivity contribution in [1.29, 1.82) is 0 Å². The fourth-order valence-electron chi connectivity index (χ4n) is 3.79. The Morgan fingerprint density at radius 2 is 1.68 bits per heavy atom. The molecule has 0 aliphatic carbocycles. The molecule has 1 aliphatic rings. The van der Waals surface area contributed by atoms with Gasteiger partial charge in [0.15, 0.2) is 0 Å². The fraction of sp³-hybridized carbons (Fsp3) is 0.0417. The Morgan fingerprint density at radius 1 is 0.941 bits per heavy atom. The molecule has 34 heavy (non-hydrogen) atoms. The highest BCUT2D eigenvalue weighted by Crippen LogP contribution is 2.36. The summed E-state index contributed by atoms with van der Waals surface area (Å²) in [6.45, 7) is 0. The zero-order valence-electron chi connectivity index (χ0n) is 17.3. The number of fused-ring (bicyclic) bond motifs is 2. The molecule has 0 radical (unpaired) electrons. The van der Waals surface area contributed by atoms with Gasteiger partial charge in [-0.1, -0.05) is 18.2 Å². The third-order valence-electron chi connectivity index (χ3n) is 5.47.